The Morgan fingerprint density at radius 1 is 1.17 bits per heavy atom. The van der Waals surface area contributed by atoms with Gasteiger partial charge in [-0.1, -0.05) is 39.0 Å². The summed E-state index contributed by atoms with van der Waals surface area (Å²) >= 11 is 0. The Kier molecular flexibility index (Phi) is 3.76. The number of hydrogen-bond acceptors (Lipinski definition) is 3. The minimum atomic E-state index is -0.0712. The van der Waals surface area contributed by atoms with E-state index < -0.39 is 0 Å². The first kappa shape index (κ1) is 16.0. The SMILES string of the molecule is Cn1c(=O)n(CC(C)(C)C)c2ccc(-c3ccccc3C#N)nc21. The smallest absolute Gasteiger partial charge is 0.290 e. The number of hydrogen-bond donors (Lipinski definition) is 0. The molecule has 0 unspecified atom stereocenters. The second-order valence-corrected chi connectivity index (χ2v) is 7.19. The van der Waals surface area contributed by atoms with Gasteiger partial charge in [-0.25, -0.2) is 9.78 Å². The van der Waals surface area contributed by atoms with Crippen LogP contribution in [0.3, 0.4) is 0 Å². The zero-order chi connectivity index (χ0) is 17.5. The van der Waals surface area contributed by atoms with Gasteiger partial charge in [-0.05, 0) is 23.6 Å². The van der Waals surface area contributed by atoms with Crippen LogP contribution in [0.15, 0.2) is 41.2 Å². The molecule has 0 N–H and O–H groups in total. The fraction of sp³-hybridized carbons (Fsp3) is 0.316. The van der Waals surface area contributed by atoms with Crippen molar-refractivity contribution in [1.29, 1.82) is 5.26 Å². The number of nitrogens with zero attached hydrogens (tertiary/aromatic N) is 4. The average Bonchev–Trinajstić information content (AvgIpc) is 2.78. The van der Waals surface area contributed by atoms with E-state index in [2.05, 4.69) is 31.8 Å². The number of aromatic nitrogens is 3. The number of nitriles is 1. The molecule has 0 spiro atoms. The van der Waals surface area contributed by atoms with Crippen molar-refractivity contribution in [3.05, 3.63) is 52.4 Å². The zero-order valence-electron chi connectivity index (χ0n) is 14.4. The Bertz CT molecular complexity index is 1010. The van der Waals surface area contributed by atoms with Gasteiger partial charge in [0, 0.05) is 19.2 Å². The molecule has 1 aromatic carbocycles. The van der Waals surface area contributed by atoms with Crippen molar-refractivity contribution in [2.75, 3.05) is 0 Å². The molecule has 0 bridgehead atoms. The lowest BCUT2D eigenvalue weighted by Crippen LogP contribution is -2.27. The van der Waals surface area contributed by atoms with Gasteiger partial charge in [-0.2, -0.15) is 5.26 Å². The Morgan fingerprint density at radius 3 is 2.54 bits per heavy atom. The third-order valence-electron chi connectivity index (χ3n) is 3.94. The molecule has 0 radical (unpaired) electrons. The quantitative estimate of drug-likeness (QED) is 0.727. The zero-order valence-corrected chi connectivity index (χ0v) is 14.4. The molecule has 122 valence electrons. The van der Waals surface area contributed by atoms with E-state index in [-0.39, 0.29) is 11.1 Å². The van der Waals surface area contributed by atoms with Crippen LogP contribution < -0.4 is 5.69 Å². The highest BCUT2D eigenvalue weighted by Gasteiger charge is 2.19. The van der Waals surface area contributed by atoms with Crippen molar-refractivity contribution in [2.45, 2.75) is 27.3 Å². The summed E-state index contributed by atoms with van der Waals surface area (Å²) in [5.74, 6) is 0. The maximum absolute atomic E-state index is 12.6. The molecule has 3 aromatic rings. The molecule has 0 amide bonds. The predicted molar refractivity (Wildman–Crippen MR) is 94.6 cm³/mol. The minimum absolute atomic E-state index is 0.00973. The topological polar surface area (TPSA) is 63.6 Å². The number of imidazole rings is 1. The lowest BCUT2D eigenvalue weighted by atomic mass is 9.97. The van der Waals surface area contributed by atoms with E-state index in [9.17, 15) is 10.1 Å². The van der Waals surface area contributed by atoms with Crippen LogP contribution in [-0.2, 0) is 13.6 Å². The van der Waals surface area contributed by atoms with E-state index in [4.69, 9.17) is 0 Å². The first-order chi connectivity index (χ1) is 11.3. The monoisotopic (exact) mass is 320 g/mol. The van der Waals surface area contributed by atoms with Gasteiger partial charge in [0.25, 0.3) is 0 Å². The van der Waals surface area contributed by atoms with Gasteiger partial charge in [0.15, 0.2) is 5.65 Å². The first-order valence-electron chi connectivity index (χ1n) is 7.87. The third-order valence-corrected chi connectivity index (χ3v) is 3.94. The molecule has 0 saturated carbocycles. The van der Waals surface area contributed by atoms with E-state index in [0.29, 0.717) is 23.4 Å². The molecule has 3 rings (SSSR count). The normalized spacial score (nSPS) is 11.6. The highest BCUT2D eigenvalue weighted by Crippen LogP contribution is 2.25. The predicted octanol–water partition coefficient (Wildman–Crippen LogP) is 3.32. The van der Waals surface area contributed by atoms with Gasteiger partial charge in [0.05, 0.1) is 22.8 Å². The molecule has 0 atom stereocenters. The van der Waals surface area contributed by atoms with Gasteiger partial charge in [0.1, 0.15) is 0 Å². The van der Waals surface area contributed by atoms with Crippen molar-refractivity contribution in [3.63, 3.8) is 0 Å². The van der Waals surface area contributed by atoms with Crippen LogP contribution in [0.5, 0.6) is 0 Å². The lowest BCUT2D eigenvalue weighted by Gasteiger charge is -2.18. The highest BCUT2D eigenvalue weighted by atomic mass is 16.1. The summed E-state index contributed by atoms with van der Waals surface area (Å²) in [5.41, 5.74) is 3.41. The van der Waals surface area contributed by atoms with E-state index >= 15 is 0 Å². The number of benzene rings is 1. The molecule has 2 aromatic heterocycles. The van der Waals surface area contributed by atoms with Crippen LogP contribution in [-0.4, -0.2) is 14.1 Å². The fourth-order valence-electron chi connectivity index (χ4n) is 2.85. The third kappa shape index (κ3) is 2.71. The summed E-state index contributed by atoms with van der Waals surface area (Å²) in [6, 6.07) is 13.3. The number of pyridine rings is 1. The Balaban J connectivity index is 2.22. The van der Waals surface area contributed by atoms with Gasteiger partial charge in [-0.15, -0.1) is 0 Å². The molecule has 24 heavy (non-hydrogen) atoms. The second kappa shape index (κ2) is 5.64. The molecule has 0 fully saturated rings. The average molecular weight is 320 g/mol. The molecule has 0 aliphatic carbocycles. The summed E-state index contributed by atoms with van der Waals surface area (Å²) in [7, 11) is 1.73. The summed E-state index contributed by atoms with van der Waals surface area (Å²) in [6.07, 6.45) is 0. The molecule has 0 aliphatic rings. The summed E-state index contributed by atoms with van der Waals surface area (Å²) < 4.78 is 3.34. The second-order valence-electron chi connectivity index (χ2n) is 7.19. The Labute approximate surface area is 140 Å². The van der Waals surface area contributed by atoms with Crippen LogP contribution in [0.2, 0.25) is 0 Å². The fourth-order valence-corrected chi connectivity index (χ4v) is 2.85. The number of aryl methyl sites for hydroxylation is 1. The van der Waals surface area contributed by atoms with Crippen LogP contribution in [0, 0.1) is 16.7 Å². The van der Waals surface area contributed by atoms with Gasteiger partial charge in [-0.3, -0.25) is 9.13 Å². The van der Waals surface area contributed by atoms with Crippen molar-refractivity contribution >= 4 is 11.2 Å². The molecule has 0 saturated heterocycles. The number of rotatable bonds is 2. The largest absolute Gasteiger partial charge is 0.330 e. The van der Waals surface area contributed by atoms with Gasteiger partial charge >= 0.3 is 5.69 Å². The van der Waals surface area contributed by atoms with Crippen molar-refractivity contribution in [1.82, 2.24) is 14.1 Å². The number of fused-ring (bicyclic) bond motifs is 1. The van der Waals surface area contributed by atoms with Crippen LogP contribution in [0.1, 0.15) is 26.3 Å². The summed E-state index contributed by atoms with van der Waals surface area (Å²) in [5, 5.41) is 9.29. The molecule has 5 nitrogen and oxygen atoms in total. The van der Waals surface area contributed by atoms with Crippen LogP contribution >= 0.6 is 0 Å². The maximum atomic E-state index is 12.6. The van der Waals surface area contributed by atoms with E-state index in [0.717, 1.165) is 11.1 Å². The first-order valence-corrected chi connectivity index (χ1v) is 7.87. The summed E-state index contributed by atoms with van der Waals surface area (Å²) in [4.78, 5) is 17.2. The van der Waals surface area contributed by atoms with E-state index in [1.54, 1.807) is 22.2 Å². The van der Waals surface area contributed by atoms with Crippen LogP contribution in [0.25, 0.3) is 22.4 Å². The molecule has 0 aliphatic heterocycles. The van der Waals surface area contributed by atoms with Gasteiger partial charge < -0.3 is 0 Å². The lowest BCUT2D eigenvalue weighted by molar-refractivity contribution is 0.342. The van der Waals surface area contributed by atoms with Gasteiger partial charge in [0.2, 0.25) is 0 Å². The Morgan fingerprint density at radius 2 is 1.88 bits per heavy atom. The van der Waals surface area contributed by atoms with Crippen LogP contribution in [0.4, 0.5) is 0 Å². The molecular formula is C19H20N4O. The minimum Gasteiger partial charge on any atom is -0.290 e. The highest BCUT2D eigenvalue weighted by molar-refractivity contribution is 5.78. The van der Waals surface area contributed by atoms with E-state index in [1.165, 1.54) is 0 Å². The standard InChI is InChI=1S/C19H20N4O/c1-19(2,3)12-23-16-10-9-15(21-17(16)22(4)18(23)24)14-8-6-5-7-13(14)11-20/h5-10H,12H2,1-4H3. The Hall–Kier alpha value is -2.87. The molecular weight excluding hydrogens is 300 g/mol. The van der Waals surface area contributed by atoms with Crippen molar-refractivity contribution in [2.24, 2.45) is 12.5 Å². The maximum Gasteiger partial charge on any atom is 0.330 e. The van der Waals surface area contributed by atoms with Crippen molar-refractivity contribution in [3.8, 4) is 17.3 Å². The van der Waals surface area contributed by atoms with E-state index in [1.807, 2.05) is 30.3 Å². The molecule has 2 heterocycles. The van der Waals surface area contributed by atoms with Crippen molar-refractivity contribution < 1.29 is 0 Å². The summed E-state index contributed by atoms with van der Waals surface area (Å²) in [6.45, 7) is 6.93. The molecule has 5 heteroatoms.